The molecule has 0 bridgehead atoms. The molecular formula is C9H13NO3S. The third-order valence-corrected chi connectivity index (χ3v) is 3.98. The molecule has 0 saturated carbocycles. The minimum atomic E-state index is -0.321. The van der Waals surface area contributed by atoms with E-state index in [1.165, 1.54) is 7.11 Å². The molecule has 78 valence electrons. The van der Waals surface area contributed by atoms with Crippen LogP contribution in [0, 0.1) is 0 Å². The van der Waals surface area contributed by atoms with E-state index >= 15 is 0 Å². The van der Waals surface area contributed by atoms with Gasteiger partial charge in [0.2, 0.25) is 5.91 Å². The smallest absolute Gasteiger partial charge is 0.328 e. The van der Waals surface area contributed by atoms with Gasteiger partial charge in [-0.2, -0.15) is 11.8 Å². The van der Waals surface area contributed by atoms with Crippen molar-refractivity contribution in [1.29, 1.82) is 0 Å². The molecule has 2 rings (SSSR count). The van der Waals surface area contributed by atoms with Crippen molar-refractivity contribution in [1.82, 2.24) is 4.90 Å². The van der Waals surface area contributed by atoms with Gasteiger partial charge in [-0.1, -0.05) is 0 Å². The number of rotatable bonds is 2. The Balaban J connectivity index is 2.08. The first-order valence-electron chi connectivity index (χ1n) is 4.70. The van der Waals surface area contributed by atoms with Crippen molar-refractivity contribution in [3.63, 3.8) is 0 Å². The Kier molecular flexibility index (Phi) is 2.67. The Bertz CT molecular complexity index is 263. The maximum absolute atomic E-state index is 11.5. The van der Waals surface area contributed by atoms with Crippen molar-refractivity contribution in [2.45, 2.75) is 24.9 Å². The number of thioether (sulfide) groups is 1. The lowest BCUT2D eigenvalue weighted by Crippen LogP contribution is -2.51. The topological polar surface area (TPSA) is 46.6 Å². The van der Waals surface area contributed by atoms with Gasteiger partial charge in [0, 0.05) is 17.9 Å². The minimum absolute atomic E-state index is 0.103. The van der Waals surface area contributed by atoms with E-state index in [0.29, 0.717) is 12.8 Å². The van der Waals surface area contributed by atoms with Gasteiger partial charge in [0.05, 0.1) is 13.2 Å². The normalized spacial score (nSPS) is 27.6. The molecule has 2 aliphatic rings. The van der Waals surface area contributed by atoms with Crippen LogP contribution in [0.15, 0.2) is 0 Å². The number of ether oxygens (including phenoxy) is 1. The van der Waals surface area contributed by atoms with Crippen LogP contribution in [0.25, 0.3) is 0 Å². The largest absolute Gasteiger partial charge is 0.467 e. The first-order chi connectivity index (χ1) is 6.74. The second-order valence-corrected chi connectivity index (χ2v) is 4.64. The Hall–Kier alpha value is -0.710. The van der Waals surface area contributed by atoms with E-state index in [1.54, 1.807) is 4.90 Å². The van der Waals surface area contributed by atoms with Crippen molar-refractivity contribution < 1.29 is 14.3 Å². The molecule has 1 unspecified atom stereocenters. The second kappa shape index (κ2) is 3.81. The standard InChI is InChI=1S/C9H13NO3S/c1-13-9(12)7-2-3-8(11)10(7)6-4-14-5-6/h6-7H,2-5H2,1H3. The van der Waals surface area contributed by atoms with Crippen LogP contribution < -0.4 is 0 Å². The maximum atomic E-state index is 11.5. The predicted molar refractivity (Wildman–Crippen MR) is 53.0 cm³/mol. The molecule has 2 saturated heterocycles. The summed E-state index contributed by atoms with van der Waals surface area (Å²) in [5.74, 6) is 1.75. The summed E-state index contributed by atoms with van der Waals surface area (Å²) in [4.78, 5) is 24.7. The maximum Gasteiger partial charge on any atom is 0.328 e. The van der Waals surface area contributed by atoms with E-state index in [1.807, 2.05) is 11.8 Å². The van der Waals surface area contributed by atoms with Gasteiger partial charge in [-0.25, -0.2) is 4.79 Å². The van der Waals surface area contributed by atoms with E-state index in [2.05, 4.69) is 0 Å². The zero-order valence-corrected chi connectivity index (χ0v) is 8.88. The van der Waals surface area contributed by atoms with Crippen LogP contribution in [0.4, 0.5) is 0 Å². The molecule has 2 fully saturated rings. The molecule has 5 heteroatoms. The van der Waals surface area contributed by atoms with Gasteiger partial charge in [-0.15, -0.1) is 0 Å². The zero-order valence-electron chi connectivity index (χ0n) is 8.06. The van der Waals surface area contributed by atoms with Crippen LogP contribution in [0.2, 0.25) is 0 Å². The highest BCUT2D eigenvalue weighted by atomic mass is 32.2. The summed E-state index contributed by atoms with van der Waals surface area (Å²) in [5, 5.41) is 0. The van der Waals surface area contributed by atoms with Crippen molar-refractivity contribution in [3.8, 4) is 0 Å². The lowest BCUT2D eigenvalue weighted by Gasteiger charge is -2.37. The van der Waals surface area contributed by atoms with Crippen LogP contribution in [-0.2, 0) is 14.3 Å². The molecular weight excluding hydrogens is 202 g/mol. The number of esters is 1. The Labute approximate surface area is 87.0 Å². The van der Waals surface area contributed by atoms with E-state index in [4.69, 9.17) is 4.74 Å². The predicted octanol–water partition coefficient (Wildman–Crippen LogP) is 0.266. The summed E-state index contributed by atoms with van der Waals surface area (Å²) in [6.45, 7) is 0. The molecule has 0 radical (unpaired) electrons. The molecule has 0 aliphatic carbocycles. The van der Waals surface area contributed by atoms with Crippen molar-refractivity contribution >= 4 is 23.6 Å². The minimum Gasteiger partial charge on any atom is -0.467 e. The Morgan fingerprint density at radius 2 is 2.29 bits per heavy atom. The average Bonchev–Trinajstić information content (AvgIpc) is 2.45. The zero-order chi connectivity index (χ0) is 10.1. The van der Waals surface area contributed by atoms with Crippen LogP contribution >= 0.6 is 11.8 Å². The number of likely N-dealkylation sites (tertiary alicyclic amines) is 1. The molecule has 1 atom stereocenters. The van der Waals surface area contributed by atoms with E-state index in [9.17, 15) is 9.59 Å². The molecule has 1 amide bonds. The fourth-order valence-corrected chi connectivity index (χ4v) is 2.68. The molecule has 0 aromatic rings. The molecule has 2 heterocycles. The molecule has 0 spiro atoms. The van der Waals surface area contributed by atoms with Gasteiger partial charge in [0.25, 0.3) is 0 Å². The highest BCUT2D eigenvalue weighted by Gasteiger charge is 2.42. The summed E-state index contributed by atoms with van der Waals surface area (Å²) in [5.41, 5.74) is 0. The summed E-state index contributed by atoms with van der Waals surface area (Å²) >= 11 is 1.81. The molecule has 0 aromatic carbocycles. The van der Waals surface area contributed by atoms with Crippen LogP contribution in [0.1, 0.15) is 12.8 Å². The van der Waals surface area contributed by atoms with Crippen LogP contribution in [0.5, 0.6) is 0 Å². The molecule has 0 N–H and O–H groups in total. The van der Waals surface area contributed by atoms with Gasteiger partial charge in [-0.05, 0) is 6.42 Å². The number of methoxy groups -OCH3 is 1. The van der Waals surface area contributed by atoms with Crippen LogP contribution in [-0.4, -0.2) is 47.5 Å². The molecule has 14 heavy (non-hydrogen) atoms. The number of carbonyl (C=O) groups is 2. The number of nitrogens with zero attached hydrogens (tertiary/aromatic N) is 1. The fraction of sp³-hybridized carbons (Fsp3) is 0.778. The van der Waals surface area contributed by atoms with Crippen molar-refractivity contribution in [2.24, 2.45) is 0 Å². The molecule has 2 aliphatic heterocycles. The molecule has 4 nitrogen and oxygen atoms in total. The quantitative estimate of drug-likeness (QED) is 0.620. The van der Waals surface area contributed by atoms with Crippen LogP contribution in [0.3, 0.4) is 0 Å². The van der Waals surface area contributed by atoms with Gasteiger partial charge in [0.15, 0.2) is 0 Å². The summed E-state index contributed by atoms with van der Waals surface area (Å²) in [6.07, 6.45) is 1.10. The first-order valence-corrected chi connectivity index (χ1v) is 5.86. The summed E-state index contributed by atoms with van der Waals surface area (Å²) in [7, 11) is 1.37. The Morgan fingerprint density at radius 1 is 1.57 bits per heavy atom. The second-order valence-electron chi connectivity index (χ2n) is 3.57. The number of carbonyl (C=O) groups excluding carboxylic acids is 2. The Morgan fingerprint density at radius 3 is 2.79 bits per heavy atom. The van der Waals surface area contributed by atoms with Gasteiger partial charge in [-0.3, -0.25) is 4.79 Å². The van der Waals surface area contributed by atoms with E-state index in [0.717, 1.165) is 11.5 Å². The first kappa shape index (κ1) is 9.83. The monoisotopic (exact) mass is 215 g/mol. The summed E-state index contributed by atoms with van der Waals surface area (Å²) in [6, 6.07) is -0.0579. The third-order valence-electron chi connectivity index (χ3n) is 2.74. The van der Waals surface area contributed by atoms with E-state index in [-0.39, 0.29) is 24.0 Å². The lowest BCUT2D eigenvalue weighted by atomic mass is 10.2. The molecule has 0 aromatic heterocycles. The SMILES string of the molecule is COC(=O)C1CCC(=O)N1C1CSC1. The van der Waals surface area contributed by atoms with Gasteiger partial charge >= 0.3 is 5.97 Å². The lowest BCUT2D eigenvalue weighted by molar-refractivity contribution is -0.150. The van der Waals surface area contributed by atoms with Crippen molar-refractivity contribution in [2.75, 3.05) is 18.6 Å². The average molecular weight is 215 g/mol. The summed E-state index contributed by atoms with van der Waals surface area (Å²) < 4.78 is 4.69. The number of amides is 1. The number of hydrogen-bond acceptors (Lipinski definition) is 4. The highest BCUT2D eigenvalue weighted by molar-refractivity contribution is 8.00. The third kappa shape index (κ3) is 1.49. The van der Waals surface area contributed by atoms with E-state index < -0.39 is 0 Å². The van der Waals surface area contributed by atoms with Crippen molar-refractivity contribution in [3.05, 3.63) is 0 Å². The fourth-order valence-electron chi connectivity index (χ4n) is 1.91. The highest BCUT2D eigenvalue weighted by Crippen LogP contribution is 2.31. The number of hydrogen-bond donors (Lipinski definition) is 0. The van der Waals surface area contributed by atoms with Gasteiger partial charge in [0.1, 0.15) is 6.04 Å². The van der Waals surface area contributed by atoms with Gasteiger partial charge < -0.3 is 9.64 Å².